The Hall–Kier alpha value is -3.20. The summed E-state index contributed by atoms with van der Waals surface area (Å²) in [6.07, 6.45) is -0.535. The first-order chi connectivity index (χ1) is 14.3. The predicted molar refractivity (Wildman–Crippen MR) is 114 cm³/mol. The zero-order valence-electron chi connectivity index (χ0n) is 16.3. The highest BCUT2D eigenvalue weighted by atomic mass is 79.9. The lowest BCUT2D eigenvalue weighted by molar-refractivity contribution is -0.138. The summed E-state index contributed by atoms with van der Waals surface area (Å²) in [5.41, 5.74) is 1.64. The van der Waals surface area contributed by atoms with Gasteiger partial charge in [-0.15, -0.1) is 0 Å². The number of carbonyl (C=O) groups excluding carboxylic acids is 3. The molecule has 0 aliphatic rings. The highest BCUT2D eigenvalue weighted by Crippen LogP contribution is 2.05. The van der Waals surface area contributed by atoms with Crippen LogP contribution in [0.25, 0.3) is 0 Å². The van der Waals surface area contributed by atoms with E-state index in [-0.39, 0.29) is 17.7 Å². The smallest absolute Gasteiger partial charge is 0.408 e. The Balaban J connectivity index is 0.00000103. The Bertz CT molecular complexity index is 826. The van der Waals surface area contributed by atoms with Crippen LogP contribution in [0.1, 0.15) is 18.1 Å². The highest BCUT2D eigenvalue weighted by Gasteiger charge is 2.22. The van der Waals surface area contributed by atoms with E-state index in [1.54, 1.807) is 0 Å². The van der Waals surface area contributed by atoms with Crippen LogP contribution in [0.4, 0.5) is 4.79 Å². The zero-order chi connectivity index (χ0) is 22.4. The van der Waals surface area contributed by atoms with Crippen molar-refractivity contribution in [2.75, 3.05) is 6.54 Å². The highest BCUT2D eigenvalue weighted by molar-refractivity contribution is 9.18. The van der Waals surface area contributed by atoms with Crippen molar-refractivity contribution in [1.82, 2.24) is 10.6 Å². The van der Waals surface area contributed by atoms with E-state index in [9.17, 15) is 19.2 Å². The minimum atomic E-state index is -1.16. The summed E-state index contributed by atoms with van der Waals surface area (Å²) in [5, 5.41) is 13.5. The molecule has 1 atom stereocenters. The number of carboxylic acids is 1. The van der Waals surface area contributed by atoms with Crippen molar-refractivity contribution in [3.05, 3.63) is 71.8 Å². The number of alkyl carbamates (subject to hydrolysis) is 1. The zero-order valence-corrected chi connectivity index (χ0v) is 17.9. The molecule has 8 nitrogen and oxygen atoms in total. The van der Waals surface area contributed by atoms with Gasteiger partial charge in [-0.1, -0.05) is 60.7 Å². The summed E-state index contributed by atoms with van der Waals surface area (Å²) in [6.45, 7) is 0.992. The van der Waals surface area contributed by atoms with Gasteiger partial charge in [0.05, 0.1) is 0 Å². The maximum atomic E-state index is 12.2. The first kappa shape index (κ1) is 24.8. The predicted octanol–water partition coefficient (Wildman–Crippen LogP) is 2.65. The fourth-order valence-corrected chi connectivity index (χ4v) is 2.25. The van der Waals surface area contributed by atoms with E-state index >= 15 is 0 Å². The lowest BCUT2D eigenvalue weighted by Crippen LogP contribution is -2.49. The van der Waals surface area contributed by atoms with Crippen molar-refractivity contribution in [2.45, 2.75) is 26.0 Å². The number of hydrogen-bond donors (Lipinski definition) is 3. The molecule has 2 aromatic rings. The maximum Gasteiger partial charge on any atom is 0.408 e. The Morgan fingerprint density at radius 1 is 0.967 bits per heavy atom. The Morgan fingerprint density at radius 2 is 1.47 bits per heavy atom. The molecule has 0 spiro atoms. The van der Waals surface area contributed by atoms with Gasteiger partial charge < -0.3 is 20.5 Å². The van der Waals surface area contributed by atoms with Crippen molar-refractivity contribution in [3.8, 4) is 0 Å². The summed E-state index contributed by atoms with van der Waals surface area (Å²) in [7, 11) is 0. The molecule has 0 bridgehead atoms. The molecule has 0 radical (unpaired) electrons. The van der Waals surface area contributed by atoms with Crippen molar-refractivity contribution >= 4 is 38.6 Å². The SMILES string of the molecule is CC(=O)Br.O=C(O)CNC(=O)[C@H](Cc1ccccc1)NC(=O)OCc1ccccc1. The molecular weight excluding hydrogens is 456 g/mol. The van der Waals surface area contributed by atoms with Crippen LogP contribution in [0, 0.1) is 0 Å². The molecule has 160 valence electrons. The first-order valence-corrected chi connectivity index (χ1v) is 9.74. The summed E-state index contributed by atoms with van der Waals surface area (Å²) in [5.74, 6) is -1.75. The van der Waals surface area contributed by atoms with Gasteiger partial charge in [-0.3, -0.25) is 14.4 Å². The number of hydrogen-bond acceptors (Lipinski definition) is 5. The van der Waals surface area contributed by atoms with Crippen LogP contribution in [0.3, 0.4) is 0 Å². The van der Waals surface area contributed by atoms with Crippen molar-refractivity contribution in [1.29, 1.82) is 0 Å². The van der Waals surface area contributed by atoms with E-state index in [0.29, 0.717) is 0 Å². The second kappa shape index (κ2) is 13.9. The van der Waals surface area contributed by atoms with Gasteiger partial charge in [0.15, 0.2) is 4.69 Å². The van der Waals surface area contributed by atoms with Gasteiger partial charge in [0, 0.05) is 13.3 Å². The topological polar surface area (TPSA) is 122 Å². The molecule has 0 aromatic heterocycles. The number of carbonyl (C=O) groups is 4. The second-order valence-corrected chi connectivity index (χ2v) is 7.15. The van der Waals surface area contributed by atoms with Gasteiger partial charge in [0.1, 0.15) is 19.2 Å². The fourth-order valence-electron chi connectivity index (χ4n) is 2.25. The molecular formula is C21H23BrN2O6. The standard InChI is InChI=1S/C19H20N2O5.C2H3BrO/c22-17(23)12-20-18(24)16(11-14-7-3-1-4-8-14)21-19(25)26-13-15-9-5-2-6-10-15;1-2(3)4/h1-10,16H,11-13H2,(H,20,24)(H,21,25)(H,22,23);1H3/t16-;/m0./s1. The molecule has 2 amide bonds. The normalized spacial score (nSPS) is 10.6. The van der Waals surface area contributed by atoms with E-state index in [1.807, 2.05) is 60.7 Å². The number of nitrogens with one attached hydrogen (secondary N) is 2. The van der Waals surface area contributed by atoms with Crippen LogP contribution >= 0.6 is 15.9 Å². The molecule has 0 unspecified atom stereocenters. The monoisotopic (exact) mass is 478 g/mol. The molecule has 0 heterocycles. The van der Waals surface area contributed by atoms with Crippen molar-refractivity contribution < 1.29 is 29.0 Å². The summed E-state index contributed by atoms with van der Waals surface area (Å²) < 4.78 is 5.10. The second-order valence-electron chi connectivity index (χ2n) is 6.03. The number of benzene rings is 2. The van der Waals surface area contributed by atoms with Crippen molar-refractivity contribution in [2.24, 2.45) is 0 Å². The Morgan fingerprint density at radius 3 is 1.97 bits per heavy atom. The maximum absolute atomic E-state index is 12.2. The number of aliphatic carboxylic acids is 1. The molecule has 0 saturated carbocycles. The van der Waals surface area contributed by atoms with Gasteiger partial charge in [0.25, 0.3) is 0 Å². The summed E-state index contributed by atoms with van der Waals surface area (Å²) in [4.78, 5) is 44.2. The van der Waals surface area contributed by atoms with Crippen LogP contribution in [0.15, 0.2) is 60.7 Å². The van der Waals surface area contributed by atoms with Crippen LogP contribution < -0.4 is 10.6 Å². The molecule has 0 fully saturated rings. The van der Waals surface area contributed by atoms with E-state index in [2.05, 4.69) is 26.6 Å². The molecule has 9 heteroatoms. The van der Waals surface area contributed by atoms with Gasteiger partial charge in [-0.2, -0.15) is 0 Å². The molecule has 2 aromatic carbocycles. The third-order valence-corrected chi connectivity index (χ3v) is 3.52. The summed E-state index contributed by atoms with van der Waals surface area (Å²) in [6, 6.07) is 17.3. The van der Waals surface area contributed by atoms with Crippen molar-refractivity contribution in [3.63, 3.8) is 0 Å². The first-order valence-electron chi connectivity index (χ1n) is 8.94. The van der Waals surface area contributed by atoms with E-state index in [0.717, 1.165) is 11.1 Å². The lowest BCUT2D eigenvalue weighted by atomic mass is 10.1. The molecule has 0 aliphatic heterocycles. The molecule has 2 rings (SSSR count). The van der Waals surface area contributed by atoms with Gasteiger partial charge in [-0.05, 0) is 27.1 Å². The minimum Gasteiger partial charge on any atom is -0.480 e. The van der Waals surface area contributed by atoms with E-state index in [1.165, 1.54) is 6.92 Å². The number of ether oxygens (including phenoxy) is 1. The van der Waals surface area contributed by atoms with Gasteiger partial charge in [-0.25, -0.2) is 4.79 Å². The average molecular weight is 479 g/mol. The van der Waals surface area contributed by atoms with E-state index < -0.39 is 30.6 Å². The minimum absolute atomic E-state index is 0.0208. The number of rotatable bonds is 8. The quantitative estimate of drug-likeness (QED) is 0.501. The van der Waals surface area contributed by atoms with Gasteiger partial charge in [0.2, 0.25) is 5.91 Å². The largest absolute Gasteiger partial charge is 0.480 e. The Kier molecular flexibility index (Phi) is 11.5. The van der Waals surface area contributed by atoms with Crippen LogP contribution in [0.5, 0.6) is 0 Å². The molecule has 0 saturated heterocycles. The fraction of sp³-hybridized carbons (Fsp3) is 0.238. The van der Waals surface area contributed by atoms with Crippen LogP contribution in [-0.4, -0.2) is 40.4 Å². The molecule has 0 aliphatic carbocycles. The molecule has 3 N–H and O–H groups in total. The average Bonchev–Trinajstić information content (AvgIpc) is 2.71. The van der Waals surface area contributed by atoms with Gasteiger partial charge >= 0.3 is 12.1 Å². The lowest BCUT2D eigenvalue weighted by Gasteiger charge is -2.18. The van der Waals surface area contributed by atoms with Crippen LogP contribution in [0.2, 0.25) is 0 Å². The molecule has 30 heavy (non-hydrogen) atoms. The number of carboxylic acid groups (broad SMARTS) is 1. The van der Waals surface area contributed by atoms with E-state index in [4.69, 9.17) is 9.84 Å². The Labute approximate surface area is 182 Å². The van der Waals surface area contributed by atoms with Crippen LogP contribution in [-0.2, 0) is 32.1 Å². The summed E-state index contributed by atoms with van der Waals surface area (Å²) >= 11 is 2.63. The third kappa shape index (κ3) is 11.6. The third-order valence-electron chi connectivity index (χ3n) is 3.52. The number of halogens is 1. The number of amides is 2.